The van der Waals surface area contributed by atoms with Crippen molar-refractivity contribution in [1.82, 2.24) is 10.2 Å². The number of nitrogens with one attached hydrogen (secondary N) is 1. The molecule has 1 amide bonds. The molecular formula is C54H64N2O7S. The van der Waals surface area contributed by atoms with Crippen molar-refractivity contribution in [2.24, 2.45) is 5.92 Å². The molecule has 1 saturated heterocycles. The Balaban J connectivity index is 1.08. The van der Waals surface area contributed by atoms with Gasteiger partial charge in [-0.15, -0.1) is 11.3 Å². The summed E-state index contributed by atoms with van der Waals surface area (Å²) in [6.07, 6.45) is 32.2. The van der Waals surface area contributed by atoms with Crippen LogP contribution in [0.2, 0.25) is 0 Å². The standard InChI is InChI=1S/C54H64N2O7S/c1-4-5-6-7-8-9-10-11-12-13-14-15-16-17-18-19-20-21-22-23-49(58)55-51(41(2)3)54(60)63-46-31-26-43(27-32-46)53-50(47-33-28-44(57)40-48(47)64-53)52(59)42-24-29-45(30-25-42)62-39-36-56-34-37-61-38-35-56/h5-6,8-9,11-12,14-15,17-18,20-21,24-33,40-41,51,57H,4,7,10,13,16,19,22-23,34-39H2,1-3H3,(H,55,58)/t51-/m0/s1. The minimum absolute atomic E-state index is 0.112. The number of morpholine rings is 1. The Bertz CT molecular complexity index is 2260. The number of ether oxygens (including phenoxy) is 3. The van der Waals surface area contributed by atoms with Crippen LogP contribution in [0, 0.1) is 5.92 Å². The zero-order chi connectivity index (χ0) is 45.4. The summed E-state index contributed by atoms with van der Waals surface area (Å²) in [5, 5.41) is 13.9. The number of hydrogen-bond acceptors (Lipinski definition) is 9. The minimum Gasteiger partial charge on any atom is -0.508 e. The summed E-state index contributed by atoms with van der Waals surface area (Å²) in [6, 6.07) is 18.4. The highest BCUT2D eigenvalue weighted by atomic mass is 32.1. The lowest BCUT2D eigenvalue weighted by Crippen LogP contribution is -2.46. The molecule has 64 heavy (non-hydrogen) atoms. The minimum atomic E-state index is -0.821. The average Bonchev–Trinajstić information content (AvgIpc) is 3.68. The molecule has 1 aliphatic heterocycles. The summed E-state index contributed by atoms with van der Waals surface area (Å²) in [5.41, 5.74) is 1.80. The van der Waals surface area contributed by atoms with Gasteiger partial charge in [-0.2, -0.15) is 0 Å². The number of aromatic hydroxyl groups is 1. The van der Waals surface area contributed by atoms with Gasteiger partial charge in [0.25, 0.3) is 0 Å². The molecule has 338 valence electrons. The highest BCUT2D eigenvalue weighted by molar-refractivity contribution is 7.22. The number of carbonyl (C=O) groups is 3. The van der Waals surface area contributed by atoms with Crippen LogP contribution in [0.3, 0.4) is 0 Å². The second-order valence-electron chi connectivity index (χ2n) is 15.8. The van der Waals surface area contributed by atoms with Gasteiger partial charge in [-0.3, -0.25) is 14.5 Å². The molecular weight excluding hydrogens is 821 g/mol. The van der Waals surface area contributed by atoms with Gasteiger partial charge in [0.05, 0.1) is 13.2 Å². The predicted octanol–water partition coefficient (Wildman–Crippen LogP) is 11.7. The zero-order valence-corrected chi connectivity index (χ0v) is 38.4. The van der Waals surface area contributed by atoms with E-state index >= 15 is 0 Å². The second kappa shape index (κ2) is 27.4. The number of esters is 1. The normalized spacial score (nSPS) is 14.4. The van der Waals surface area contributed by atoms with E-state index in [0.717, 1.165) is 91.9 Å². The number of amides is 1. The van der Waals surface area contributed by atoms with E-state index in [9.17, 15) is 19.5 Å². The number of carbonyl (C=O) groups excluding carboxylic acids is 3. The van der Waals surface area contributed by atoms with Gasteiger partial charge in [-0.25, -0.2) is 4.79 Å². The summed E-state index contributed by atoms with van der Waals surface area (Å²) in [5.74, 6) is 0.00860. The summed E-state index contributed by atoms with van der Waals surface area (Å²) < 4.78 is 17.9. The third-order valence-corrected chi connectivity index (χ3v) is 11.7. The van der Waals surface area contributed by atoms with Crippen molar-refractivity contribution in [3.63, 3.8) is 0 Å². The maximum absolute atomic E-state index is 14.2. The molecule has 0 bridgehead atoms. The van der Waals surface area contributed by atoms with Crippen LogP contribution < -0.4 is 14.8 Å². The molecule has 2 heterocycles. The fraction of sp³-hybridized carbons (Fsp3) is 0.352. The number of benzene rings is 3. The highest BCUT2D eigenvalue weighted by Gasteiger charge is 2.27. The van der Waals surface area contributed by atoms with Crippen molar-refractivity contribution in [2.75, 3.05) is 39.5 Å². The fourth-order valence-electron chi connectivity index (χ4n) is 6.93. The Morgan fingerprint density at radius 1 is 0.766 bits per heavy atom. The molecule has 1 atom stereocenters. The van der Waals surface area contributed by atoms with Gasteiger partial charge in [0.15, 0.2) is 5.78 Å². The van der Waals surface area contributed by atoms with Crippen molar-refractivity contribution < 1.29 is 33.7 Å². The molecule has 1 aromatic heterocycles. The van der Waals surface area contributed by atoms with Crippen molar-refractivity contribution >= 4 is 39.1 Å². The Morgan fingerprint density at radius 3 is 1.94 bits per heavy atom. The van der Waals surface area contributed by atoms with E-state index in [1.165, 1.54) is 11.3 Å². The predicted molar refractivity (Wildman–Crippen MR) is 261 cm³/mol. The van der Waals surface area contributed by atoms with Crippen molar-refractivity contribution in [1.29, 1.82) is 0 Å². The third kappa shape index (κ3) is 16.4. The smallest absolute Gasteiger partial charge is 0.334 e. The number of hydrogen-bond donors (Lipinski definition) is 2. The number of fused-ring (bicyclic) bond motifs is 1. The maximum atomic E-state index is 14.2. The lowest BCUT2D eigenvalue weighted by atomic mass is 9.97. The first kappa shape index (κ1) is 49.2. The quantitative estimate of drug-likeness (QED) is 0.0293. The van der Waals surface area contributed by atoms with E-state index in [2.05, 4.69) is 77.9 Å². The largest absolute Gasteiger partial charge is 0.508 e. The fourth-order valence-corrected chi connectivity index (χ4v) is 8.17. The molecule has 4 aromatic rings. The molecule has 1 fully saturated rings. The van der Waals surface area contributed by atoms with Gasteiger partial charge >= 0.3 is 5.97 Å². The van der Waals surface area contributed by atoms with Crippen LogP contribution >= 0.6 is 11.3 Å². The molecule has 1 aliphatic rings. The molecule has 2 N–H and O–H groups in total. The van der Waals surface area contributed by atoms with E-state index in [1.807, 2.05) is 50.3 Å². The van der Waals surface area contributed by atoms with Crippen LogP contribution in [0.15, 0.2) is 140 Å². The first-order valence-corrected chi connectivity index (χ1v) is 23.4. The van der Waals surface area contributed by atoms with Gasteiger partial charge in [0.1, 0.15) is 29.9 Å². The van der Waals surface area contributed by atoms with Gasteiger partial charge in [0, 0.05) is 52.1 Å². The van der Waals surface area contributed by atoms with Crippen LogP contribution in [0.25, 0.3) is 20.5 Å². The number of phenols is 1. The van der Waals surface area contributed by atoms with Crippen LogP contribution in [-0.4, -0.2) is 73.2 Å². The zero-order valence-electron chi connectivity index (χ0n) is 37.6. The van der Waals surface area contributed by atoms with Crippen LogP contribution in [0.1, 0.15) is 88.1 Å². The maximum Gasteiger partial charge on any atom is 0.334 e. The number of allylic oxidation sites excluding steroid dienone is 12. The summed E-state index contributed by atoms with van der Waals surface area (Å²) in [6.45, 7) is 10.5. The topological polar surface area (TPSA) is 114 Å². The van der Waals surface area contributed by atoms with Gasteiger partial charge in [-0.05, 0) is 123 Å². The Hall–Kier alpha value is -5.81. The SMILES string of the molecule is CCC=CCC=CCC=CCC=CCC=CCC=CCCC(=O)N[C@H](C(=O)Oc1ccc(-c2sc3cc(O)ccc3c2C(=O)c2ccc(OCCN3CCOCC3)cc2)cc1)C(C)C. The summed E-state index contributed by atoms with van der Waals surface area (Å²) in [4.78, 5) is 43.4. The molecule has 0 radical (unpaired) electrons. The molecule has 9 nitrogen and oxygen atoms in total. The second-order valence-corrected chi connectivity index (χ2v) is 16.9. The lowest BCUT2D eigenvalue weighted by Gasteiger charge is -2.26. The molecule has 0 saturated carbocycles. The molecule has 0 unspecified atom stereocenters. The van der Waals surface area contributed by atoms with E-state index < -0.39 is 12.0 Å². The van der Waals surface area contributed by atoms with E-state index in [-0.39, 0.29) is 29.8 Å². The first-order chi connectivity index (χ1) is 31.2. The number of nitrogens with zero attached hydrogens (tertiary/aromatic N) is 1. The van der Waals surface area contributed by atoms with E-state index in [0.29, 0.717) is 35.7 Å². The number of phenolic OH excluding ortho intramolecular Hbond substituents is 1. The summed E-state index contributed by atoms with van der Waals surface area (Å²) in [7, 11) is 0. The molecule has 0 spiro atoms. The summed E-state index contributed by atoms with van der Waals surface area (Å²) >= 11 is 1.41. The molecule has 3 aromatic carbocycles. The average molecular weight is 885 g/mol. The number of thiophene rings is 1. The van der Waals surface area contributed by atoms with Crippen molar-refractivity contribution in [3.05, 3.63) is 151 Å². The van der Waals surface area contributed by atoms with Crippen LogP contribution in [-0.2, 0) is 14.3 Å². The molecule has 0 aliphatic carbocycles. The molecule has 5 rings (SSSR count). The third-order valence-electron chi connectivity index (χ3n) is 10.5. The lowest BCUT2D eigenvalue weighted by molar-refractivity contribution is -0.140. The number of rotatable bonds is 25. The van der Waals surface area contributed by atoms with Crippen molar-refractivity contribution in [3.8, 4) is 27.7 Å². The molecule has 10 heteroatoms. The number of ketones is 1. The van der Waals surface area contributed by atoms with Crippen LogP contribution in [0.5, 0.6) is 17.2 Å². The Morgan fingerprint density at radius 2 is 1.34 bits per heavy atom. The highest BCUT2D eigenvalue weighted by Crippen LogP contribution is 2.41. The Kier molecular flexibility index (Phi) is 21.1. The van der Waals surface area contributed by atoms with Gasteiger partial charge < -0.3 is 24.6 Å². The van der Waals surface area contributed by atoms with Crippen LogP contribution in [0.4, 0.5) is 0 Å². The first-order valence-electron chi connectivity index (χ1n) is 22.6. The monoisotopic (exact) mass is 884 g/mol. The van der Waals surface area contributed by atoms with E-state index in [1.54, 1.807) is 42.5 Å². The van der Waals surface area contributed by atoms with Crippen molar-refractivity contribution in [2.45, 2.75) is 78.2 Å². The Labute approximate surface area is 383 Å². The van der Waals surface area contributed by atoms with Gasteiger partial charge in [-0.1, -0.05) is 93.7 Å². The van der Waals surface area contributed by atoms with Gasteiger partial charge in [0.2, 0.25) is 5.91 Å². The van der Waals surface area contributed by atoms with E-state index in [4.69, 9.17) is 14.2 Å².